The Kier molecular flexibility index (Phi) is 9.26. The number of amides is 3. The average Bonchev–Trinajstić information content (AvgIpc) is 3.56. The van der Waals surface area contributed by atoms with E-state index >= 15 is 0 Å². The van der Waals surface area contributed by atoms with Gasteiger partial charge in [0.05, 0.1) is 30.1 Å². The van der Waals surface area contributed by atoms with Gasteiger partial charge < -0.3 is 24.5 Å². The van der Waals surface area contributed by atoms with Gasteiger partial charge in [-0.3, -0.25) is 14.4 Å². The van der Waals surface area contributed by atoms with E-state index in [9.17, 15) is 19.5 Å². The maximum absolute atomic E-state index is 14.7. The molecule has 1 aliphatic carbocycles. The van der Waals surface area contributed by atoms with Gasteiger partial charge in [0.2, 0.25) is 17.7 Å². The van der Waals surface area contributed by atoms with E-state index < -0.39 is 35.1 Å². The van der Waals surface area contributed by atoms with Crippen LogP contribution >= 0.6 is 0 Å². The lowest BCUT2D eigenvalue weighted by molar-refractivity contribution is -0.159. The van der Waals surface area contributed by atoms with Gasteiger partial charge in [-0.2, -0.15) is 0 Å². The summed E-state index contributed by atoms with van der Waals surface area (Å²) >= 11 is 0. The SMILES string of the molecule is C=CCN(CCC)C(=O)[C@@H]1[C@H]2C(=O)N([C@@H](CC)CO)C(C(=O)N(CC=C)C3CCCCC3)C23CC[C@@]1(CC)O3. The van der Waals surface area contributed by atoms with E-state index in [0.717, 1.165) is 32.1 Å². The van der Waals surface area contributed by atoms with Crippen LogP contribution in [0.25, 0.3) is 0 Å². The first kappa shape index (κ1) is 29.8. The van der Waals surface area contributed by atoms with Crippen molar-refractivity contribution >= 4 is 17.7 Å². The van der Waals surface area contributed by atoms with Crippen LogP contribution in [0.1, 0.15) is 85.0 Å². The lowest BCUT2D eigenvalue weighted by Gasteiger charge is -2.42. The standard InChI is InChI=1S/C31H49N3O5/c1-6-18-32(19-7-2)27(36)24-25-28(37)34(22(9-4)21-35)26(31(25)17-16-30(24,10-5)39-31)29(38)33(20-8-3)23-14-12-11-13-15-23/h6,8,22-26,35H,1,3,7,9-21H2,2,4-5H3/t22-,24-,25-,26?,30+,31?/m0/s1. The maximum Gasteiger partial charge on any atom is 0.248 e. The largest absolute Gasteiger partial charge is 0.394 e. The van der Waals surface area contributed by atoms with Crippen molar-refractivity contribution in [1.82, 2.24) is 14.7 Å². The molecule has 3 aliphatic heterocycles. The van der Waals surface area contributed by atoms with Crippen molar-refractivity contribution in [3.8, 4) is 0 Å². The minimum atomic E-state index is -1.08. The van der Waals surface area contributed by atoms with Crippen LogP contribution in [0.3, 0.4) is 0 Å². The van der Waals surface area contributed by atoms with Crippen LogP contribution in [0.4, 0.5) is 0 Å². The van der Waals surface area contributed by atoms with Gasteiger partial charge in [0.15, 0.2) is 0 Å². The smallest absolute Gasteiger partial charge is 0.248 e. The molecule has 1 saturated carbocycles. The number of likely N-dealkylation sites (tertiary alicyclic amines) is 1. The molecule has 1 N–H and O–H groups in total. The quantitative estimate of drug-likeness (QED) is 0.358. The monoisotopic (exact) mass is 543 g/mol. The topological polar surface area (TPSA) is 90.4 Å². The first-order valence-electron chi connectivity index (χ1n) is 15.2. The number of carbonyl (C=O) groups excluding carboxylic acids is 3. The molecule has 0 aromatic heterocycles. The third-order valence-electron chi connectivity index (χ3n) is 9.97. The van der Waals surface area contributed by atoms with Crippen molar-refractivity contribution in [2.45, 2.75) is 114 Å². The minimum Gasteiger partial charge on any atom is -0.394 e. The summed E-state index contributed by atoms with van der Waals surface area (Å²) in [5, 5.41) is 10.4. The zero-order valence-electron chi connectivity index (χ0n) is 24.3. The number of hydrogen-bond donors (Lipinski definition) is 1. The summed E-state index contributed by atoms with van der Waals surface area (Å²) in [5.74, 6) is -1.83. The van der Waals surface area contributed by atoms with E-state index in [1.807, 2.05) is 25.7 Å². The van der Waals surface area contributed by atoms with Crippen LogP contribution < -0.4 is 0 Å². The summed E-state index contributed by atoms with van der Waals surface area (Å²) in [5.41, 5.74) is -1.85. The summed E-state index contributed by atoms with van der Waals surface area (Å²) in [6.45, 7) is 14.9. The van der Waals surface area contributed by atoms with Gasteiger partial charge in [0, 0.05) is 25.7 Å². The molecule has 39 heavy (non-hydrogen) atoms. The summed E-state index contributed by atoms with van der Waals surface area (Å²) < 4.78 is 6.96. The lowest BCUT2D eigenvalue weighted by Crippen LogP contribution is -2.60. The van der Waals surface area contributed by atoms with Crippen LogP contribution in [0.15, 0.2) is 25.3 Å². The van der Waals surface area contributed by atoms with Gasteiger partial charge >= 0.3 is 0 Å². The fraction of sp³-hybridized carbons (Fsp3) is 0.774. The Morgan fingerprint density at radius 2 is 1.79 bits per heavy atom. The van der Waals surface area contributed by atoms with Crippen LogP contribution in [-0.4, -0.2) is 93.1 Å². The Morgan fingerprint density at radius 1 is 1.10 bits per heavy atom. The first-order valence-corrected chi connectivity index (χ1v) is 15.2. The Balaban J connectivity index is 1.82. The number of ether oxygens (including phenoxy) is 1. The summed E-state index contributed by atoms with van der Waals surface area (Å²) in [6.07, 6.45) is 11.8. The predicted molar refractivity (Wildman–Crippen MR) is 151 cm³/mol. The highest BCUT2D eigenvalue weighted by Gasteiger charge is 2.79. The molecule has 2 unspecified atom stereocenters. The lowest BCUT2D eigenvalue weighted by atomic mass is 9.64. The molecule has 3 heterocycles. The van der Waals surface area contributed by atoms with Crippen molar-refractivity contribution in [3.63, 3.8) is 0 Å². The third kappa shape index (κ3) is 4.75. The molecule has 6 atom stereocenters. The van der Waals surface area contributed by atoms with Gasteiger partial charge in [-0.25, -0.2) is 0 Å². The molecule has 4 fully saturated rings. The minimum absolute atomic E-state index is 0.0844. The molecule has 8 heteroatoms. The van der Waals surface area contributed by atoms with Gasteiger partial charge in [-0.05, 0) is 44.9 Å². The van der Waals surface area contributed by atoms with E-state index in [0.29, 0.717) is 45.3 Å². The second-order valence-corrected chi connectivity index (χ2v) is 12.0. The zero-order chi connectivity index (χ0) is 28.4. The number of hydrogen-bond acceptors (Lipinski definition) is 5. The van der Waals surface area contributed by atoms with Gasteiger partial charge in [0.25, 0.3) is 0 Å². The summed E-state index contributed by atoms with van der Waals surface area (Å²) in [6, 6.07) is -1.28. The van der Waals surface area contributed by atoms with Crippen LogP contribution in [0.5, 0.6) is 0 Å². The second-order valence-electron chi connectivity index (χ2n) is 12.0. The van der Waals surface area contributed by atoms with Crippen LogP contribution in [0.2, 0.25) is 0 Å². The molecule has 3 amide bonds. The summed E-state index contributed by atoms with van der Waals surface area (Å²) in [7, 11) is 0. The predicted octanol–water partition coefficient (Wildman–Crippen LogP) is 3.68. The fourth-order valence-electron chi connectivity index (χ4n) is 8.14. The van der Waals surface area contributed by atoms with Crippen LogP contribution in [0, 0.1) is 11.8 Å². The Bertz CT molecular complexity index is 945. The number of rotatable bonds is 13. The number of nitrogens with zero attached hydrogens (tertiary/aromatic N) is 3. The number of fused-ring (bicyclic) bond motifs is 1. The van der Waals surface area contributed by atoms with E-state index in [-0.39, 0.29) is 30.4 Å². The van der Waals surface area contributed by atoms with Crippen molar-refractivity contribution in [1.29, 1.82) is 0 Å². The van der Waals surface area contributed by atoms with Gasteiger partial charge in [-0.1, -0.05) is 52.2 Å². The van der Waals surface area contributed by atoms with Gasteiger partial charge in [-0.15, -0.1) is 13.2 Å². The highest BCUT2D eigenvalue weighted by Crippen LogP contribution is 2.65. The maximum atomic E-state index is 14.7. The van der Waals surface area contributed by atoms with E-state index in [2.05, 4.69) is 13.2 Å². The van der Waals surface area contributed by atoms with Crippen LogP contribution in [-0.2, 0) is 19.1 Å². The molecule has 1 spiro atoms. The molecule has 218 valence electrons. The van der Waals surface area contributed by atoms with E-state index in [4.69, 9.17) is 4.74 Å². The number of aliphatic hydroxyl groups is 1. The molecular weight excluding hydrogens is 494 g/mol. The van der Waals surface area contributed by atoms with Crippen molar-refractivity contribution in [2.75, 3.05) is 26.2 Å². The molecule has 0 radical (unpaired) electrons. The molecule has 4 rings (SSSR count). The Hall–Kier alpha value is -2.19. The van der Waals surface area contributed by atoms with Crippen molar-refractivity contribution < 1.29 is 24.2 Å². The molecular formula is C31H49N3O5. The fourth-order valence-corrected chi connectivity index (χ4v) is 8.14. The Morgan fingerprint density at radius 3 is 2.36 bits per heavy atom. The normalized spacial score (nSPS) is 32.7. The third-order valence-corrected chi connectivity index (χ3v) is 9.97. The molecule has 3 saturated heterocycles. The first-order chi connectivity index (χ1) is 18.8. The molecule has 2 bridgehead atoms. The van der Waals surface area contributed by atoms with Crippen molar-refractivity contribution in [2.24, 2.45) is 11.8 Å². The van der Waals surface area contributed by atoms with Gasteiger partial charge in [0.1, 0.15) is 11.6 Å². The van der Waals surface area contributed by atoms with E-state index in [1.54, 1.807) is 22.0 Å². The molecule has 8 nitrogen and oxygen atoms in total. The van der Waals surface area contributed by atoms with E-state index in [1.165, 1.54) is 6.42 Å². The highest BCUT2D eigenvalue weighted by molar-refractivity contribution is 5.99. The highest BCUT2D eigenvalue weighted by atomic mass is 16.5. The number of carbonyl (C=O) groups is 3. The zero-order valence-corrected chi connectivity index (χ0v) is 24.3. The summed E-state index contributed by atoms with van der Waals surface area (Å²) in [4.78, 5) is 48.7. The molecule has 0 aromatic rings. The average molecular weight is 544 g/mol. The molecule has 0 aromatic carbocycles. The molecule has 4 aliphatic rings. The second kappa shape index (κ2) is 12.1. The Labute approximate surface area is 234 Å². The number of aliphatic hydroxyl groups excluding tert-OH is 1. The van der Waals surface area contributed by atoms with Crippen molar-refractivity contribution in [3.05, 3.63) is 25.3 Å².